The molecule has 5 nitrogen and oxygen atoms in total. The van der Waals surface area contributed by atoms with Crippen molar-refractivity contribution < 1.29 is 14.7 Å². The lowest BCUT2D eigenvalue weighted by molar-refractivity contribution is -0.136. The Hall–Kier alpha value is -2.82. The molecular formula is C18H20N2O3. The van der Waals surface area contributed by atoms with E-state index in [1.54, 1.807) is 12.1 Å². The highest BCUT2D eigenvalue weighted by atomic mass is 16.3. The normalized spacial score (nSPS) is 11.5. The highest BCUT2D eigenvalue weighted by Crippen LogP contribution is 2.15. The molecule has 0 aliphatic rings. The van der Waals surface area contributed by atoms with Crippen LogP contribution in [0.25, 0.3) is 0 Å². The molecule has 0 bridgehead atoms. The first kappa shape index (κ1) is 16.5. The van der Waals surface area contributed by atoms with Crippen molar-refractivity contribution in [2.45, 2.75) is 25.8 Å². The number of nitrogens with one attached hydrogen (secondary N) is 2. The van der Waals surface area contributed by atoms with Crippen LogP contribution in [-0.4, -0.2) is 23.0 Å². The second kappa shape index (κ2) is 7.98. The van der Waals surface area contributed by atoms with E-state index < -0.39 is 11.8 Å². The van der Waals surface area contributed by atoms with Crippen LogP contribution >= 0.6 is 0 Å². The molecule has 2 aromatic rings. The maximum atomic E-state index is 11.9. The summed E-state index contributed by atoms with van der Waals surface area (Å²) in [5.74, 6) is -1.41. The summed E-state index contributed by atoms with van der Waals surface area (Å²) in [5, 5.41) is 14.5. The van der Waals surface area contributed by atoms with E-state index >= 15 is 0 Å². The van der Waals surface area contributed by atoms with Gasteiger partial charge in [-0.05, 0) is 37.5 Å². The van der Waals surface area contributed by atoms with Crippen LogP contribution in [0, 0.1) is 0 Å². The van der Waals surface area contributed by atoms with Crippen molar-refractivity contribution in [2.24, 2.45) is 0 Å². The van der Waals surface area contributed by atoms with E-state index in [9.17, 15) is 14.7 Å². The van der Waals surface area contributed by atoms with Gasteiger partial charge in [0.05, 0.1) is 0 Å². The quantitative estimate of drug-likeness (QED) is 0.742. The van der Waals surface area contributed by atoms with Gasteiger partial charge in [-0.15, -0.1) is 0 Å². The summed E-state index contributed by atoms with van der Waals surface area (Å²) in [7, 11) is 0. The smallest absolute Gasteiger partial charge is 0.313 e. The molecule has 0 aromatic heterocycles. The molecule has 0 saturated carbocycles. The molecule has 5 heteroatoms. The summed E-state index contributed by atoms with van der Waals surface area (Å²) in [5.41, 5.74) is 1.57. The van der Waals surface area contributed by atoms with Crippen molar-refractivity contribution in [3.05, 3.63) is 60.2 Å². The summed E-state index contributed by atoms with van der Waals surface area (Å²) in [4.78, 5) is 23.7. The fourth-order valence-electron chi connectivity index (χ4n) is 2.16. The Kier molecular flexibility index (Phi) is 5.74. The molecule has 0 saturated heterocycles. The number of anilines is 1. The van der Waals surface area contributed by atoms with Gasteiger partial charge in [-0.3, -0.25) is 9.59 Å². The standard InChI is InChI=1S/C18H20N2O3/c1-13(10-11-14-6-3-2-4-7-14)19-17(22)18(23)20-15-8-5-9-16(21)12-15/h2-9,12-13,21H,10-11H2,1H3,(H,19,22)(H,20,23). The van der Waals surface area contributed by atoms with Crippen LogP contribution < -0.4 is 10.6 Å². The molecule has 0 aliphatic heterocycles. The summed E-state index contributed by atoms with van der Waals surface area (Å²) < 4.78 is 0. The predicted molar refractivity (Wildman–Crippen MR) is 89.1 cm³/mol. The van der Waals surface area contributed by atoms with Gasteiger partial charge in [0.2, 0.25) is 0 Å². The van der Waals surface area contributed by atoms with E-state index in [1.165, 1.54) is 17.7 Å². The van der Waals surface area contributed by atoms with Gasteiger partial charge in [-0.25, -0.2) is 0 Å². The topological polar surface area (TPSA) is 78.4 Å². The van der Waals surface area contributed by atoms with Crippen LogP contribution in [0.5, 0.6) is 5.75 Å². The third-order valence-electron chi connectivity index (χ3n) is 3.40. The van der Waals surface area contributed by atoms with E-state index in [0.29, 0.717) is 5.69 Å². The number of hydrogen-bond acceptors (Lipinski definition) is 3. The fraction of sp³-hybridized carbons (Fsp3) is 0.222. The molecule has 0 spiro atoms. The van der Waals surface area contributed by atoms with Crippen LogP contribution in [0.3, 0.4) is 0 Å². The Bertz CT molecular complexity index is 671. The van der Waals surface area contributed by atoms with Gasteiger partial charge in [0.25, 0.3) is 0 Å². The van der Waals surface area contributed by atoms with Gasteiger partial charge in [0.15, 0.2) is 0 Å². The first-order valence-corrected chi connectivity index (χ1v) is 7.49. The zero-order valence-corrected chi connectivity index (χ0v) is 13.0. The molecule has 2 rings (SSSR count). The van der Waals surface area contributed by atoms with Crippen LogP contribution in [0.2, 0.25) is 0 Å². The predicted octanol–water partition coefficient (Wildman–Crippen LogP) is 2.47. The Morgan fingerprint density at radius 2 is 1.78 bits per heavy atom. The lowest BCUT2D eigenvalue weighted by Crippen LogP contribution is -2.40. The van der Waals surface area contributed by atoms with E-state index in [0.717, 1.165) is 12.8 Å². The Morgan fingerprint density at radius 3 is 2.48 bits per heavy atom. The third kappa shape index (κ3) is 5.47. The molecule has 120 valence electrons. The van der Waals surface area contributed by atoms with Gasteiger partial charge in [0, 0.05) is 17.8 Å². The summed E-state index contributed by atoms with van der Waals surface area (Å²) in [6.07, 6.45) is 1.58. The van der Waals surface area contributed by atoms with Gasteiger partial charge in [-0.1, -0.05) is 36.4 Å². The molecule has 0 fully saturated rings. The van der Waals surface area contributed by atoms with E-state index in [4.69, 9.17) is 0 Å². The number of aromatic hydroxyl groups is 1. The molecule has 2 amide bonds. The first-order valence-electron chi connectivity index (χ1n) is 7.49. The highest BCUT2D eigenvalue weighted by Gasteiger charge is 2.16. The van der Waals surface area contributed by atoms with E-state index in [1.807, 2.05) is 37.3 Å². The zero-order chi connectivity index (χ0) is 16.7. The maximum absolute atomic E-state index is 11.9. The number of carbonyl (C=O) groups is 2. The molecule has 0 radical (unpaired) electrons. The summed E-state index contributed by atoms with van der Waals surface area (Å²) in [6, 6.07) is 15.9. The molecule has 0 heterocycles. The number of carbonyl (C=O) groups excluding carboxylic acids is 2. The van der Waals surface area contributed by atoms with Gasteiger partial charge >= 0.3 is 11.8 Å². The highest BCUT2D eigenvalue weighted by molar-refractivity contribution is 6.39. The molecule has 2 aromatic carbocycles. The van der Waals surface area contributed by atoms with Crippen molar-refractivity contribution in [1.82, 2.24) is 5.32 Å². The van der Waals surface area contributed by atoms with Crippen molar-refractivity contribution in [3.63, 3.8) is 0 Å². The number of phenolic OH excluding ortho intramolecular Hbond substituents is 1. The molecule has 0 aliphatic carbocycles. The van der Waals surface area contributed by atoms with Crippen LogP contribution in [-0.2, 0) is 16.0 Å². The molecular weight excluding hydrogens is 292 g/mol. The summed E-state index contributed by atoms with van der Waals surface area (Å²) in [6.45, 7) is 1.86. The van der Waals surface area contributed by atoms with Crippen molar-refractivity contribution >= 4 is 17.5 Å². The van der Waals surface area contributed by atoms with E-state index in [2.05, 4.69) is 10.6 Å². The van der Waals surface area contributed by atoms with Crippen LogP contribution in [0.1, 0.15) is 18.9 Å². The minimum atomic E-state index is -0.748. The maximum Gasteiger partial charge on any atom is 0.313 e. The van der Waals surface area contributed by atoms with Crippen LogP contribution in [0.15, 0.2) is 54.6 Å². The molecule has 1 unspecified atom stereocenters. The Balaban J connectivity index is 1.79. The molecule has 1 atom stereocenters. The van der Waals surface area contributed by atoms with Gasteiger partial charge < -0.3 is 15.7 Å². The average Bonchev–Trinajstić information content (AvgIpc) is 2.54. The lowest BCUT2D eigenvalue weighted by atomic mass is 10.1. The number of hydrogen-bond donors (Lipinski definition) is 3. The summed E-state index contributed by atoms with van der Waals surface area (Å²) >= 11 is 0. The van der Waals surface area contributed by atoms with Crippen LogP contribution in [0.4, 0.5) is 5.69 Å². The number of amides is 2. The SMILES string of the molecule is CC(CCc1ccccc1)NC(=O)C(=O)Nc1cccc(O)c1. The lowest BCUT2D eigenvalue weighted by Gasteiger charge is -2.13. The van der Waals surface area contributed by atoms with Gasteiger partial charge in [-0.2, -0.15) is 0 Å². The number of phenols is 1. The van der Waals surface area contributed by atoms with Crippen molar-refractivity contribution in [1.29, 1.82) is 0 Å². The Labute approximate surface area is 135 Å². The number of benzene rings is 2. The second-order valence-electron chi connectivity index (χ2n) is 5.40. The fourth-order valence-corrected chi connectivity index (χ4v) is 2.16. The number of rotatable bonds is 5. The Morgan fingerprint density at radius 1 is 1.04 bits per heavy atom. The minimum Gasteiger partial charge on any atom is -0.508 e. The molecule has 23 heavy (non-hydrogen) atoms. The third-order valence-corrected chi connectivity index (χ3v) is 3.40. The van der Waals surface area contributed by atoms with Gasteiger partial charge in [0.1, 0.15) is 5.75 Å². The second-order valence-corrected chi connectivity index (χ2v) is 5.40. The number of aryl methyl sites for hydroxylation is 1. The molecule has 3 N–H and O–H groups in total. The van der Waals surface area contributed by atoms with Crippen molar-refractivity contribution in [2.75, 3.05) is 5.32 Å². The first-order chi connectivity index (χ1) is 11.0. The van der Waals surface area contributed by atoms with E-state index in [-0.39, 0.29) is 11.8 Å². The minimum absolute atomic E-state index is 0.0273. The average molecular weight is 312 g/mol. The zero-order valence-electron chi connectivity index (χ0n) is 13.0. The largest absolute Gasteiger partial charge is 0.508 e. The van der Waals surface area contributed by atoms with Crippen molar-refractivity contribution in [3.8, 4) is 5.75 Å². The monoisotopic (exact) mass is 312 g/mol.